The maximum absolute atomic E-state index is 12.6. The summed E-state index contributed by atoms with van der Waals surface area (Å²) < 4.78 is 42.8. The van der Waals surface area contributed by atoms with Gasteiger partial charge in [0.05, 0.1) is 13.2 Å². The molecule has 21 heavy (non-hydrogen) atoms. The fraction of sp³-hybridized carbons (Fsp3) is 0.571. The highest BCUT2D eigenvalue weighted by molar-refractivity contribution is 5.53. The van der Waals surface area contributed by atoms with E-state index < -0.39 is 12.7 Å². The molecule has 0 amide bonds. The maximum atomic E-state index is 12.6. The first kappa shape index (κ1) is 17.7. The van der Waals surface area contributed by atoms with E-state index in [1.165, 1.54) is 0 Å². The van der Waals surface area contributed by atoms with Crippen LogP contribution >= 0.6 is 0 Å². The van der Waals surface area contributed by atoms with E-state index in [1.54, 1.807) is 31.4 Å². The predicted molar refractivity (Wildman–Crippen MR) is 75.4 cm³/mol. The number of ether oxygens (including phenoxy) is 1. The fourth-order valence-corrected chi connectivity index (χ4v) is 1.99. The molecule has 0 aromatic heterocycles. The zero-order chi connectivity index (χ0) is 15.7. The van der Waals surface area contributed by atoms with E-state index in [0.717, 1.165) is 10.5 Å². The highest BCUT2D eigenvalue weighted by atomic mass is 19.4. The van der Waals surface area contributed by atoms with Gasteiger partial charge in [-0.2, -0.15) is 13.2 Å². The quantitative estimate of drug-likeness (QED) is 0.683. The lowest BCUT2D eigenvalue weighted by molar-refractivity contribution is -0.119. The molecule has 0 unspecified atom stereocenters. The summed E-state index contributed by atoms with van der Waals surface area (Å²) in [5.74, 6) is 0. The Morgan fingerprint density at radius 1 is 1.29 bits per heavy atom. The number of hydrogen-bond donors (Lipinski definition) is 2. The maximum Gasteiger partial charge on any atom is 0.405 e. The summed E-state index contributed by atoms with van der Waals surface area (Å²) in [6.07, 6.45) is -4.31. The van der Waals surface area contributed by atoms with Gasteiger partial charge in [0.2, 0.25) is 0 Å². The molecular weight excluding hydrogens is 285 g/mol. The lowest BCUT2D eigenvalue weighted by Crippen LogP contribution is -2.37. The topological polar surface area (TPSA) is 44.7 Å². The van der Waals surface area contributed by atoms with Crippen LogP contribution in [-0.2, 0) is 11.3 Å². The van der Waals surface area contributed by atoms with Gasteiger partial charge in [-0.15, -0.1) is 0 Å². The normalized spacial score (nSPS) is 11.7. The molecule has 0 spiro atoms. The van der Waals surface area contributed by atoms with Crippen molar-refractivity contribution in [1.82, 2.24) is 5.32 Å². The zero-order valence-corrected chi connectivity index (χ0v) is 12.0. The predicted octanol–water partition coefficient (Wildman–Crippen LogP) is 1.78. The number of aliphatic hydroxyl groups is 1. The molecule has 0 bridgehead atoms. The van der Waals surface area contributed by atoms with Gasteiger partial charge in [-0.05, 0) is 11.6 Å². The Hall–Kier alpha value is -1.31. The summed E-state index contributed by atoms with van der Waals surface area (Å²) >= 11 is 0. The number of methoxy groups -OCH3 is 1. The number of alkyl halides is 3. The van der Waals surface area contributed by atoms with E-state index in [2.05, 4.69) is 5.32 Å². The van der Waals surface area contributed by atoms with Gasteiger partial charge in [-0.3, -0.25) is 0 Å². The number of hydrogen-bond acceptors (Lipinski definition) is 4. The largest absolute Gasteiger partial charge is 0.405 e. The molecule has 120 valence electrons. The first-order valence-electron chi connectivity index (χ1n) is 6.68. The summed E-state index contributed by atoms with van der Waals surface area (Å²) in [6.45, 7) is 0.118. The van der Waals surface area contributed by atoms with Crippen LogP contribution in [0.15, 0.2) is 24.3 Å². The molecule has 0 saturated carbocycles. The van der Waals surface area contributed by atoms with Gasteiger partial charge in [0.1, 0.15) is 6.54 Å². The van der Waals surface area contributed by atoms with Gasteiger partial charge < -0.3 is 20.1 Å². The number of para-hydroxylation sites is 1. The second-order valence-electron chi connectivity index (χ2n) is 4.56. The summed E-state index contributed by atoms with van der Waals surface area (Å²) in [5, 5.41) is 12.1. The first-order chi connectivity index (χ1) is 9.98. The van der Waals surface area contributed by atoms with Crippen molar-refractivity contribution in [2.75, 3.05) is 44.9 Å². The molecule has 0 fully saturated rings. The summed E-state index contributed by atoms with van der Waals surface area (Å²) in [4.78, 5) is 1.15. The number of halogens is 3. The number of benzene rings is 1. The highest BCUT2D eigenvalue weighted by Gasteiger charge is 2.31. The van der Waals surface area contributed by atoms with Crippen LogP contribution in [0.25, 0.3) is 0 Å². The number of nitrogens with zero attached hydrogens (tertiary/aromatic N) is 1. The second-order valence-corrected chi connectivity index (χ2v) is 4.56. The van der Waals surface area contributed by atoms with Gasteiger partial charge in [0.15, 0.2) is 0 Å². The minimum atomic E-state index is -4.31. The lowest BCUT2D eigenvalue weighted by atomic mass is 10.1. The van der Waals surface area contributed by atoms with Crippen LogP contribution in [-0.4, -0.2) is 51.2 Å². The Bertz CT molecular complexity index is 413. The molecular formula is C14H21F3N2O2. The standard InChI is InChI=1S/C14H21F3N2O2/c1-21-9-6-18-10-12-4-2-3-5-13(12)19(7-8-20)11-14(15,16)17/h2-5,18,20H,6-11H2,1H3. The van der Waals surface area contributed by atoms with Crippen LogP contribution in [0.4, 0.5) is 18.9 Å². The fourth-order valence-electron chi connectivity index (χ4n) is 1.99. The van der Waals surface area contributed by atoms with Crippen molar-refractivity contribution in [3.05, 3.63) is 29.8 Å². The van der Waals surface area contributed by atoms with E-state index in [-0.39, 0.29) is 13.2 Å². The third-order valence-corrected chi connectivity index (χ3v) is 2.87. The van der Waals surface area contributed by atoms with E-state index in [0.29, 0.717) is 25.4 Å². The van der Waals surface area contributed by atoms with E-state index in [1.807, 2.05) is 0 Å². The number of nitrogens with one attached hydrogen (secondary N) is 1. The van der Waals surface area contributed by atoms with Crippen molar-refractivity contribution in [3.63, 3.8) is 0 Å². The van der Waals surface area contributed by atoms with Crippen molar-refractivity contribution < 1.29 is 23.0 Å². The van der Waals surface area contributed by atoms with Crippen LogP contribution in [0.1, 0.15) is 5.56 Å². The van der Waals surface area contributed by atoms with Gasteiger partial charge in [0, 0.05) is 32.4 Å². The van der Waals surface area contributed by atoms with Gasteiger partial charge in [-0.25, -0.2) is 0 Å². The monoisotopic (exact) mass is 306 g/mol. The van der Waals surface area contributed by atoms with Gasteiger partial charge in [0.25, 0.3) is 0 Å². The second kappa shape index (κ2) is 8.86. The minimum Gasteiger partial charge on any atom is -0.395 e. The Labute approximate surface area is 122 Å². The minimum absolute atomic E-state index is 0.0609. The molecule has 0 heterocycles. The number of aliphatic hydroxyl groups excluding tert-OH is 1. The molecule has 4 nitrogen and oxygen atoms in total. The third-order valence-electron chi connectivity index (χ3n) is 2.87. The van der Waals surface area contributed by atoms with Crippen molar-refractivity contribution >= 4 is 5.69 Å². The van der Waals surface area contributed by atoms with Crippen LogP contribution < -0.4 is 10.2 Å². The molecule has 7 heteroatoms. The molecule has 0 atom stereocenters. The number of anilines is 1. The van der Waals surface area contributed by atoms with Crippen LogP contribution in [0.3, 0.4) is 0 Å². The van der Waals surface area contributed by atoms with Crippen LogP contribution in [0.5, 0.6) is 0 Å². The van der Waals surface area contributed by atoms with Gasteiger partial charge in [-0.1, -0.05) is 18.2 Å². The smallest absolute Gasteiger partial charge is 0.395 e. The molecule has 0 aliphatic heterocycles. The molecule has 0 aliphatic carbocycles. The Morgan fingerprint density at radius 3 is 2.62 bits per heavy atom. The summed E-state index contributed by atoms with van der Waals surface area (Å²) in [5.41, 5.74) is 1.24. The highest BCUT2D eigenvalue weighted by Crippen LogP contribution is 2.25. The molecule has 0 saturated heterocycles. The van der Waals surface area contributed by atoms with E-state index in [9.17, 15) is 13.2 Å². The molecule has 1 aromatic carbocycles. The van der Waals surface area contributed by atoms with Crippen molar-refractivity contribution in [2.24, 2.45) is 0 Å². The van der Waals surface area contributed by atoms with Crippen molar-refractivity contribution in [1.29, 1.82) is 0 Å². The third kappa shape index (κ3) is 6.79. The number of rotatable bonds is 9. The molecule has 0 aliphatic rings. The average molecular weight is 306 g/mol. The van der Waals surface area contributed by atoms with Crippen LogP contribution in [0, 0.1) is 0 Å². The zero-order valence-electron chi connectivity index (χ0n) is 12.0. The van der Waals surface area contributed by atoms with Crippen molar-refractivity contribution in [3.8, 4) is 0 Å². The molecule has 2 N–H and O–H groups in total. The van der Waals surface area contributed by atoms with Crippen LogP contribution in [0.2, 0.25) is 0 Å². The molecule has 1 aromatic rings. The Balaban J connectivity index is 2.81. The summed E-state index contributed by atoms with van der Waals surface area (Å²) in [7, 11) is 1.59. The average Bonchev–Trinajstić information content (AvgIpc) is 2.42. The Morgan fingerprint density at radius 2 is 2.00 bits per heavy atom. The Kier molecular flexibility index (Phi) is 7.49. The van der Waals surface area contributed by atoms with Gasteiger partial charge >= 0.3 is 6.18 Å². The van der Waals surface area contributed by atoms with E-state index >= 15 is 0 Å². The van der Waals surface area contributed by atoms with Crippen molar-refractivity contribution in [2.45, 2.75) is 12.7 Å². The first-order valence-corrected chi connectivity index (χ1v) is 6.68. The summed E-state index contributed by atoms with van der Waals surface area (Å²) in [6, 6.07) is 6.88. The molecule has 0 radical (unpaired) electrons. The van der Waals surface area contributed by atoms with E-state index in [4.69, 9.17) is 9.84 Å². The molecule has 1 rings (SSSR count). The SMILES string of the molecule is COCCNCc1ccccc1N(CCO)CC(F)(F)F. The lowest BCUT2D eigenvalue weighted by Gasteiger charge is -2.27.